The molecule has 1 aromatic carbocycles. The van der Waals surface area contributed by atoms with Crippen molar-refractivity contribution in [2.24, 2.45) is 16.5 Å². The fraction of sp³-hybridized carbons (Fsp3) is 0.476. The third-order valence-corrected chi connectivity index (χ3v) is 5.66. The number of ether oxygens (including phenoxy) is 1. The van der Waals surface area contributed by atoms with Gasteiger partial charge >= 0.3 is 5.97 Å². The second-order valence-corrected chi connectivity index (χ2v) is 8.06. The predicted octanol–water partition coefficient (Wildman–Crippen LogP) is 0.980. The molecule has 10 heteroatoms. The predicted molar refractivity (Wildman–Crippen MR) is 117 cm³/mol. The molecule has 10 nitrogen and oxygen atoms in total. The van der Waals surface area contributed by atoms with Gasteiger partial charge in [0.2, 0.25) is 5.82 Å². The molecule has 0 bridgehead atoms. The van der Waals surface area contributed by atoms with Gasteiger partial charge in [-0.15, -0.1) is 0 Å². The first-order valence-corrected chi connectivity index (χ1v) is 10.5. The van der Waals surface area contributed by atoms with Crippen molar-refractivity contribution in [3.05, 3.63) is 29.6 Å². The van der Waals surface area contributed by atoms with E-state index in [0.717, 1.165) is 36.6 Å². The van der Waals surface area contributed by atoms with Gasteiger partial charge in [-0.3, -0.25) is 4.79 Å². The molecule has 4 rings (SSSR count). The molecule has 6 N–H and O–H groups in total. The van der Waals surface area contributed by atoms with E-state index in [0.29, 0.717) is 24.4 Å². The third kappa shape index (κ3) is 4.68. The third-order valence-electron chi connectivity index (χ3n) is 5.66. The molecule has 3 atom stereocenters. The number of anilines is 1. The summed E-state index contributed by atoms with van der Waals surface area (Å²) < 4.78 is 4.91. The first-order chi connectivity index (χ1) is 14.9. The maximum Gasteiger partial charge on any atom is 0.328 e. The van der Waals surface area contributed by atoms with Gasteiger partial charge in [0.05, 0.1) is 24.2 Å². The zero-order chi connectivity index (χ0) is 22.0. The van der Waals surface area contributed by atoms with Gasteiger partial charge in [-0.1, -0.05) is 24.5 Å². The van der Waals surface area contributed by atoms with Crippen LogP contribution in [0.1, 0.15) is 48.3 Å². The lowest BCUT2D eigenvalue weighted by Gasteiger charge is -2.30. The van der Waals surface area contributed by atoms with Gasteiger partial charge in [0.1, 0.15) is 11.9 Å². The molecular weight excluding hydrogens is 398 g/mol. The van der Waals surface area contributed by atoms with Crippen molar-refractivity contribution >= 4 is 34.6 Å². The molecule has 3 unspecified atom stereocenters. The standard InChI is InChI=1S/C21H27N7O3/c1-11-6-7-13-12(10-11)17(25-14-4-2-3-5-15(14)27-21(22)23)28-18(24-13)19(29)26-16-8-9-31-20(16)30/h6-7,10,14-16H,2-5,8-9H2,1H3,(H,26,29)(H4,22,23,27)(H,24,25,28). The highest BCUT2D eigenvalue weighted by atomic mass is 16.5. The first-order valence-electron chi connectivity index (χ1n) is 10.5. The molecule has 1 aliphatic carbocycles. The van der Waals surface area contributed by atoms with Crippen molar-refractivity contribution in [2.75, 3.05) is 11.9 Å². The Morgan fingerprint density at radius 2 is 2.00 bits per heavy atom. The van der Waals surface area contributed by atoms with Crippen LogP contribution in [0, 0.1) is 6.92 Å². The second kappa shape index (κ2) is 8.75. The van der Waals surface area contributed by atoms with E-state index in [-0.39, 0.29) is 23.9 Å². The average Bonchev–Trinajstić information content (AvgIpc) is 3.13. The number of hydrogen-bond donors (Lipinski definition) is 4. The van der Waals surface area contributed by atoms with E-state index >= 15 is 0 Å². The van der Waals surface area contributed by atoms with Crippen LogP contribution in [0.4, 0.5) is 5.82 Å². The Morgan fingerprint density at radius 1 is 1.19 bits per heavy atom. The summed E-state index contributed by atoms with van der Waals surface area (Å²) >= 11 is 0. The van der Waals surface area contributed by atoms with Crippen LogP contribution in [-0.2, 0) is 9.53 Å². The minimum Gasteiger partial charge on any atom is -0.464 e. The zero-order valence-corrected chi connectivity index (χ0v) is 17.4. The fourth-order valence-electron chi connectivity index (χ4n) is 4.10. The SMILES string of the molecule is Cc1ccc2nc(C(=O)NC3CCOC3=O)nc(NC3CCCCC3N=C(N)N)c2c1. The van der Waals surface area contributed by atoms with Crippen molar-refractivity contribution in [2.45, 2.75) is 57.2 Å². The minimum atomic E-state index is -0.675. The number of hydrogen-bond acceptors (Lipinski definition) is 7. The summed E-state index contributed by atoms with van der Waals surface area (Å²) in [6.45, 7) is 2.28. The van der Waals surface area contributed by atoms with Crippen molar-refractivity contribution in [3.63, 3.8) is 0 Å². The van der Waals surface area contributed by atoms with Crippen molar-refractivity contribution in [1.82, 2.24) is 15.3 Å². The number of benzene rings is 1. The Kier molecular flexibility index (Phi) is 5.88. The molecule has 164 valence electrons. The summed E-state index contributed by atoms with van der Waals surface area (Å²) in [5.74, 6) is -0.349. The van der Waals surface area contributed by atoms with Gasteiger partial charge < -0.3 is 26.8 Å². The summed E-state index contributed by atoms with van der Waals surface area (Å²) in [5, 5.41) is 6.94. The molecular formula is C21H27N7O3. The number of nitrogens with one attached hydrogen (secondary N) is 2. The van der Waals surface area contributed by atoms with E-state index in [4.69, 9.17) is 16.2 Å². The van der Waals surface area contributed by atoms with Crippen molar-refractivity contribution in [3.8, 4) is 0 Å². The Labute approximate surface area is 179 Å². The number of carbonyl (C=O) groups excluding carboxylic acids is 2. The lowest BCUT2D eigenvalue weighted by Crippen LogP contribution is -2.40. The van der Waals surface area contributed by atoms with Crippen LogP contribution in [0.2, 0.25) is 0 Å². The maximum absolute atomic E-state index is 12.8. The summed E-state index contributed by atoms with van der Waals surface area (Å²) in [4.78, 5) is 37.8. The molecule has 2 aliphatic rings. The molecule has 0 spiro atoms. The van der Waals surface area contributed by atoms with Crippen LogP contribution in [0.25, 0.3) is 10.9 Å². The van der Waals surface area contributed by atoms with Crippen LogP contribution in [0.3, 0.4) is 0 Å². The number of aryl methyl sites for hydroxylation is 1. The van der Waals surface area contributed by atoms with E-state index in [1.807, 2.05) is 25.1 Å². The van der Waals surface area contributed by atoms with Crippen LogP contribution in [-0.4, -0.2) is 52.5 Å². The molecule has 2 aromatic rings. The number of guanidine groups is 1. The molecule has 1 saturated carbocycles. The van der Waals surface area contributed by atoms with E-state index < -0.39 is 17.9 Å². The first kappa shape index (κ1) is 20.8. The normalized spacial score (nSPS) is 23.3. The average molecular weight is 425 g/mol. The Balaban J connectivity index is 1.67. The maximum atomic E-state index is 12.8. The molecule has 1 amide bonds. The summed E-state index contributed by atoms with van der Waals surface area (Å²) in [7, 11) is 0. The lowest BCUT2D eigenvalue weighted by molar-refractivity contribution is -0.139. The summed E-state index contributed by atoms with van der Waals surface area (Å²) in [6, 6.07) is 5.00. The molecule has 31 heavy (non-hydrogen) atoms. The van der Waals surface area contributed by atoms with Gasteiger partial charge in [-0.2, -0.15) is 0 Å². The number of carbonyl (C=O) groups is 2. The topological polar surface area (TPSA) is 158 Å². The highest BCUT2D eigenvalue weighted by molar-refractivity contribution is 5.98. The Morgan fingerprint density at radius 3 is 2.74 bits per heavy atom. The van der Waals surface area contributed by atoms with Crippen LogP contribution in [0.15, 0.2) is 23.2 Å². The second-order valence-electron chi connectivity index (χ2n) is 8.06. The van der Waals surface area contributed by atoms with Crippen molar-refractivity contribution < 1.29 is 14.3 Å². The number of aromatic nitrogens is 2. The fourth-order valence-corrected chi connectivity index (χ4v) is 4.10. The molecule has 1 aromatic heterocycles. The smallest absolute Gasteiger partial charge is 0.328 e. The van der Waals surface area contributed by atoms with Gasteiger partial charge in [-0.25, -0.2) is 19.8 Å². The number of rotatable bonds is 5. The number of nitrogens with two attached hydrogens (primary N) is 2. The van der Waals surface area contributed by atoms with Gasteiger partial charge in [-0.05, 0) is 31.9 Å². The molecule has 1 aliphatic heterocycles. The summed E-state index contributed by atoms with van der Waals surface area (Å²) in [6.07, 6.45) is 4.29. The van der Waals surface area contributed by atoms with E-state index in [2.05, 4.69) is 25.6 Å². The minimum absolute atomic E-state index is 0.00671. The number of aliphatic imine (C=N–C) groups is 1. The molecule has 2 heterocycles. The Bertz CT molecular complexity index is 1040. The monoisotopic (exact) mass is 425 g/mol. The van der Waals surface area contributed by atoms with E-state index in [9.17, 15) is 9.59 Å². The van der Waals surface area contributed by atoms with E-state index in [1.165, 1.54) is 0 Å². The number of amides is 1. The molecule has 2 fully saturated rings. The highest BCUT2D eigenvalue weighted by Crippen LogP contribution is 2.28. The largest absolute Gasteiger partial charge is 0.464 e. The van der Waals surface area contributed by atoms with Crippen LogP contribution >= 0.6 is 0 Å². The quantitative estimate of drug-likeness (QED) is 0.313. The number of fused-ring (bicyclic) bond motifs is 1. The molecule has 0 radical (unpaired) electrons. The van der Waals surface area contributed by atoms with Crippen LogP contribution < -0.4 is 22.1 Å². The summed E-state index contributed by atoms with van der Waals surface area (Å²) in [5.41, 5.74) is 12.9. The van der Waals surface area contributed by atoms with Gasteiger partial charge in [0.15, 0.2) is 5.96 Å². The molecule has 1 saturated heterocycles. The number of nitrogens with zero attached hydrogens (tertiary/aromatic N) is 3. The van der Waals surface area contributed by atoms with E-state index in [1.54, 1.807) is 0 Å². The number of cyclic esters (lactones) is 1. The lowest BCUT2D eigenvalue weighted by atomic mass is 9.90. The van der Waals surface area contributed by atoms with Crippen LogP contribution in [0.5, 0.6) is 0 Å². The highest BCUT2D eigenvalue weighted by Gasteiger charge is 2.30. The van der Waals surface area contributed by atoms with Gasteiger partial charge in [0.25, 0.3) is 5.91 Å². The number of esters is 1. The zero-order valence-electron chi connectivity index (χ0n) is 17.4. The Hall–Kier alpha value is -3.43. The van der Waals surface area contributed by atoms with Gasteiger partial charge in [0, 0.05) is 11.8 Å². The van der Waals surface area contributed by atoms with Crippen molar-refractivity contribution in [1.29, 1.82) is 0 Å².